The van der Waals surface area contributed by atoms with Crippen LogP contribution in [0.2, 0.25) is 0 Å². The van der Waals surface area contributed by atoms with Crippen LogP contribution in [-0.4, -0.2) is 50.2 Å². The molecule has 0 radical (unpaired) electrons. The number of esters is 2. The Labute approximate surface area is 112 Å². The van der Waals surface area contributed by atoms with Crippen LogP contribution in [0.15, 0.2) is 12.7 Å². The molecule has 0 atom stereocenters. The highest BCUT2D eigenvalue weighted by molar-refractivity contribution is 6.02. The molecular formula is C12H20N2O5. The summed E-state index contributed by atoms with van der Waals surface area (Å²) in [5.41, 5.74) is 0. The molecule has 0 aliphatic rings. The summed E-state index contributed by atoms with van der Waals surface area (Å²) in [5.74, 6) is -2.18. The Kier molecular flexibility index (Phi) is 9.07. The molecule has 0 aliphatic heterocycles. The van der Waals surface area contributed by atoms with Crippen LogP contribution in [-0.2, 0) is 23.9 Å². The number of rotatable bonds is 9. The van der Waals surface area contributed by atoms with E-state index in [0.717, 1.165) is 0 Å². The van der Waals surface area contributed by atoms with E-state index in [1.54, 1.807) is 19.9 Å². The summed E-state index contributed by atoms with van der Waals surface area (Å²) in [5, 5.41) is 5.01. The van der Waals surface area contributed by atoms with Crippen molar-refractivity contribution in [3.8, 4) is 0 Å². The number of hydrogen-bond donors (Lipinski definition) is 2. The first-order chi connectivity index (χ1) is 9.06. The van der Waals surface area contributed by atoms with Crippen molar-refractivity contribution in [1.82, 2.24) is 10.6 Å². The maximum absolute atomic E-state index is 11.6. The lowest BCUT2D eigenvalue weighted by Gasteiger charge is -2.15. The third kappa shape index (κ3) is 7.20. The Balaban J connectivity index is 4.48. The van der Waals surface area contributed by atoms with Gasteiger partial charge in [0.15, 0.2) is 0 Å². The summed E-state index contributed by atoms with van der Waals surface area (Å²) in [6.45, 7) is 7.31. The zero-order valence-corrected chi connectivity index (χ0v) is 11.2. The zero-order valence-electron chi connectivity index (χ0n) is 11.2. The van der Waals surface area contributed by atoms with Gasteiger partial charge < -0.3 is 20.1 Å². The summed E-state index contributed by atoms with van der Waals surface area (Å²) in [6.07, 6.45) is 1.58. The molecule has 0 rings (SSSR count). The maximum Gasteiger partial charge on any atom is 0.340 e. The van der Waals surface area contributed by atoms with E-state index >= 15 is 0 Å². The first-order valence-corrected chi connectivity index (χ1v) is 6.01. The summed E-state index contributed by atoms with van der Waals surface area (Å²) < 4.78 is 9.41. The predicted octanol–water partition coefficient (Wildman–Crippen LogP) is -0.627. The first-order valence-electron chi connectivity index (χ1n) is 6.01. The number of carbonyl (C=O) groups excluding carboxylic acids is 3. The van der Waals surface area contributed by atoms with Gasteiger partial charge in [-0.05, 0) is 13.8 Å². The normalized spacial score (nSPS) is 9.84. The Hall–Kier alpha value is -1.89. The van der Waals surface area contributed by atoms with Gasteiger partial charge in [0.25, 0.3) is 0 Å². The average molecular weight is 272 g/mol. The van der Waals surface area contributed by atoms with E-state index in [9.17, 15) is 14.4 Å². The van der Waals surface area contributed by atoms with Gasteiger partial charge in [0, 0.05) is 6.54 Å². The molecule has 0 aromatic carbocycles. The molecule has 2 N–H and O–H groups in total. The van der Waals surface area contributed by atoms with Crippen LogP contribution in [0.3, 0.4) is 0 Å². The van der Waals surface area contributed by atoms with Crippen molar-refractivity contribution in [3.63, 3.8) is 0 Å². The van der Waals surface area contributed by atoms with E-state index in [1.165, 1.54) is 0 Å². The first kappa shape index (κ1) is 17.1. The molecule has 0 spiro atoms. The molecule has 7 nitrogen and oxygen atoms in total. The van der Waals surface area contributed by atoms with E-state index in [1.807, 2.05) is 0 Å². The standard InChI is InChI=1S/C12H20N2O5/c1-4-7-13-8-9(15)14-10(11(16)18-5-2)12(17)19-6-3/h4,10,13H,1,5-8H2,2-3H3,(H,14,15). The average Bonchev–Trinajstić information content (AvgIpc) is 2.36. The highest BCUT2D eigenvalue weighted by atomic mass is 16.6. The van der Waals surface area contributed by atoms with Crippen molar-refractivity contribution in [1.29, 1.82) is 0 Å². The molecule has 19 heavy (non-hydrogen) atoms. The van der Waals surface area contributed by atoms with Crippen LogP contribution in [0.1, 0.15) is 13.8 Å². The fourth-order valence-electron chi connectivity index (χ4n) is 1.17. The Morgan fingerprint density at radius 1 is 1.16 bits per heavy atom. The van der Waals surface area contributed by atoms with Gasteiger partial charge in [0.2, 0.25) is 11.9 Å². The second kappa shape index (κ2) is 10.1. The van der Waals surface area contributed by atoms with E-state index in [0.29, 0.717) is 6.54 Å². The van der Waals surface area contributed by atoms with Crippen LogP contribution in [0.4, 0.5) is 0 Å². The summed E-state index contributed by atoms with van der Waals surface area (Å²) in [6, 6.07) is -1.43. The Bertz CT molecular complexity index is 312. The Morgan fingerprint density at radius 3 is 2.11 bits per heavy atom. The van der Waals surface area contributed by atoms with E-state index in [-0.39, 0.29) is 19.8 Å². The second-order valence-electron chi connectivity index (χ2n) is 3.42. The smallest absolute Gasteiger partial charge is 0.340 e. The molecule has 108 valence electrons. The van der Waals surface area contributed by atoms with Crippen molar-refractivity contribution in [2.24, 2.45) is 0 Å². The molecule has 0 fully saturated rings. The molecule has 7 heteroatoms. The fourth-order valence-corrected chi connectivity index (χ4v) is 1.17. The van der Waals surface area contributed by atoms with Crippen molar-refractivity contribution in [3.05, 3.63) is 12.7 Å². The minimum absolute atomic E-state index is 0.0403. The van der Waals surface area contributed by atoms with E-state index in [4.69, 9.17) is 9.47 Å². The molecule has 0 aromatic heterocycles. The largest absolute Gasteiger partial charge is 0.464 e. The predicted molar refractivity (Wildman–Crippen MR) is 68.3 cm³/mol. The van der Waals surface area contributed by atoms with Crippen LogP contribution in [0.5, 0.6) is 0 Å². The third-order valence-electron chi connectivity index (χ3n) is 1.92. The van der Waals surface area contributed by atoms with Gasteiger partial charge >= 0.3 is 11.9 Å². The van der Waals surface area contributed by atoms with Gasteiger partial charge in [-0.1, -0.05) is 6.08 Å². The highest BCUT2D eigenvalue weighted by Crippen LogP contribution is 1.94. The van der Waals surface area contributed by atoms with Crippen LogP contribution in [0, 0.1) is 0 Å². The number of nitrogens with one attached hydrogen (secondary N) is 2. The summed E-state index contributed by atoms with van der Waals surface area (Å²) in [4.78, 5) is 34.6. The number of carbonyl (C=O) groups is 3. The van der Waals surface area contributed by atoms with Gasteiger partial charge in [-0.15, -0.1) is 6.58 Å². The molecule has 0 heterocycles. The lowest BCUT2D eigenvalue weighted by atomic mass is 10.3. The fraction of sp³-hybridized carbons (Fsp3) is 0.583. The molecule has 0 bridgehead atoms. The number of amides is 1. The molecule has 1 amide bonds. The molecule has 0 aliphatic carbocycles. The zero-order chi connectivity index (χ0) is 14.7. The number of hydrogen-bond acceptors (Lipinski definition) is 6. The topological polar surface area (TPSA) is 93.7 Å². The summed E-state index contributed by atoms with van der Waals surface area (Å²) in [7, 11) is 0. The second-order valence-corrected chi connectivity index (χ2v) is 3.42. The van der Waals surface area contributed by atoms with Gasteiger partial charge in [-0.25, -0.2) is 9.59 Å². The van der Waals surface area contributed by atoms with Gasteiger partial charge in [-0.2, -0.15) is 0 Å². The molecule has 0 saturated heterocycles. The molecular weight excluding hydrogens is 252 g/mol. The van der Waals surface area contributed by atoms with Crippen LogP contribution in [0.25, 0.3) is 0 Å². The minimum atomic E-state index is -1.43. The number of ether oxygens (including phenoxy) is 2. The van der Waals surface area contributed by atoms with Crippen LogP contribution < -0.4 is 10.6 Å². The lowest BCUT2D eigenvalue weighted by molar-refractivity contribution is -0.159. The molecule has 0 unspecified atom stereocenters. The highest BCUT2D eigenvalue weighted by Gasteiger charge is 2.30. The van der Waals surface area contributed by atoms with Crippen molar-refractivity contribution in [2.75, 3.05) is 26.3 Å². The SMILES string of the molecule is C=CCNCC(=O)NC(C(=O)OCC)C(=O)OCC. The molecule has 0 saturated carbocycles. The summed E-state index contributed by atoms with van der Waals surface area (Å²) >= 11 is 0. The van der Waals surface area contributed by atoms with Crippen LogP contribution >= 0.6 is 0 Å². The van der Waals surface area contributed by atoms with E-state index < -0.39 is 23.9 Å². The van der Waals surface area contributed by atoms with Crippen molar-refractivity contribution in [2.45, 2.75) is 19.9 Å². The van der Waals surface area contributed by atoms with Crippen molar-refractivity contribution >= 4 is 17.8 Å². The van der Waals surface area contributed by atoms with Gasteiger partial charge in [0.05, 0.1) is 19.8 Å². The van der Waals surface area contributed by atoms with Gasteiger partial charge in [-0.3, -0.25) is 4.79 Å². The Morgan fingerprint density at radius 2 is 1.68 bits per heavy atom. The quantitative estimate of drug-likeness (QED) is 0.251. The monoisotopic (exact) mass is 272 g/mol. The lowest BCUT2D eigenvalue weighted by Crippen LogP contribution is -2.50. The van der Waals surface area contributed by atoms with E-state index in [2.05, 4.69) is 17.2 Å². The third-order valence-corrected chi connectivity index (χ3v) is 1.92. The molecule has 0 aromatic rings. The maximum atomic E-state index is 11.6. The van der Waals surface area contributed by atoms with Gasteiger partial charge in [0.1, 0.15) is 0 Å². The van der Waals surface area contributed by atoms with Crippen molar-refractivity contribution < 1.29 is 23.9 Å². The minimum Gasteiger partial charge on any atom is -0.464 e.